The highest BCUT2D eigenvalue weighted by Gasteiger charge is 2.21. The van der Waals surface area contributed by atoms with Crippen LogP contribution in [0, 0.1) is 0 Å². The number of benzene rings is 3. The molecule has 0 aromatic heterocycles. The Morgan fingerprint density at radius 1 is 0.903 bits per heavy atom. The van der Waals surface area contributed by atoms with Crippen molar-refractivity contribution >= 4 is 27.3 Å². The molecule has 1 amide bonds. The zero-order chi connectivity index (χ0) is 22.6. The first-order chi connectivity index (χ1) is 14.7. The minimum atomic E-state index is -3.73. The predicted molar refractivity (Wildman–Crippen MR) is 124 cm³/mol. The lowest BCUT2D eigenvalue weighted by Gasteiger charge is -2.20. The third-order valence-corrected chi connectivity index (χ3v) is 6.85. The van der Waals surface area contributed by atoms with Gasteiger partial charge in [0, 0.05) is 18.3 Å². The van der Waals surface area contributed by atoms with Gasteiger partial charge in [0.1, 0.15) is 5.75 Å². The summed E-state index contributed by atoms with van der Waals surface area (Å²) in [6.45, 7) is 4.22. The molecule has 0 heterocycles. The van der Waals surface area contributed by atoms with E-state index in [9.17, 15) is 13.2 Å². The molecule has 0 saturated heterocycles. The fourth-order valence-electron chi connectivity index (χ4n) is 3.02. The summed E-state index contributed by atoms with van der Waals surface area (Å²) in [6.07, 6.45) is 0. The predicted octanol–water partition coefficient (Wildman–Crippen LogP) is 4.90. The van der Waals surface area contributed by atoms with E-state index >= 15 is 0 Å². The van der Waals surface area contributed by atoms with E-state index in [1.165, 1.54) is 36.2 Å². The Kier molecular flexibility index (Phi) is 6.65. The van der Waals surface area contributed by atoms with Gasteiger partial charge in [-0.15, -0.1) is 0 Å². The maximum atomic E-state index is 12.9. The van der Waals surface area contributed by atoms with Crippen LogP contribution in [0.25, 0.3) is 0 Å². The summed E-state index contributed by atoms with van der Waals surface area (Å²) < 4.78 is 32.0. The van der Waals surface area contributed by atoms with Gasteiger partial charge in [0.25, 0.3) is 15.9 Å². The standard InChI is InChI=1S/C24H26N2O4S/c1-17(2)18-5-9-20(10-6-18)25-24(27)19-7-11-21(12-8-19)26(3)31(28,29)23-15-13-22(30-4)14-16-23/h5-17H,1-4H3,(H,25,27). The van der Waals surface area contributed by atoms with Crippen molar-refractivity contribution in [1.82, 2.24) is 0 Å². The van der Waals surface area contributed by atoms with Crippen molar-refractivity contribution in [2.75, 3.05) is 23.8 Å². The van der Waals surface area contributed by atoms with Crippen molar-refractivity contribution in [2.45, 2.75) is 24.7 Å². The van der Waals surface area contributed by atoms with Crippen LogP contribution in [0.15, 0.2) is 77.7 Å². The van der Waals surface area contributed by atoms with Crippen LogP contribution in [0.1, 0.15) is 35.7 Å². The first-order valence-corrected chi connectivity index (χ1v) is 11.3. The normalized spacial score (nSPS) is 11.3. The second-order valence-corrected chi connectivity index (χ2v) is 9.40. The number of nitrogens with zero attached hydrogens (tertiary/aromatic N) is 1. The number of hydrogen-bond donors (Lipinski definition) is 1. The molecule has 0 aliphatic heterocycles. The van der Waals surface area contributed by atoms with Crippen LogP contribution in [0.3, 0.4) is 0 Å². The van der Waals surface area contributed by atoms with Crippen molar-refractivity contribution in [3.63, 3.8) is 0 Å². The van der Waals surface area contributed by atoms with Crippen LogP contribution >= 0.6 is 0 Å². The maximum absolute atomic E-state index is 12.9. The van der Waals surface area contributed by atoms with E-state index in [0.29, 0.717) is 28.6 Å². The van der Waals surface area contributed by atoms with Crippen molar-refractivity contribution < 1.29 is 17.9 Å². The minimum absolute atomic E-state index is 0.155. The van der Waals surface area contributed by atoms with Gasteiger partial charge in [0.2, 0.25) is 0 Å². The van der Waals surface area contributed by atoms with Gasteiger partial charge in [0.05, 0.1) is 17.7 Å². The smallest absolute Gasteiger partial charge is 0.264 e. The van der Waals surface area contributed by atoms with E-state index in [1.807, 2.05) is 24.3 Å². The number of carbonyl (C=O) groups excluding carboxylic acids is 1. The molecule has 6 nitrogen and oxygen atoms in total. The van der Waals surface area contributed by atoms with Gasteiger partial charge >= 0.3 is 0 Å². The van der Waals surface area contributed by atoms with Gasteiger partial charge in [-0.1, -0.05) is 26.0 Å². The van der Waals surface area contributed by atoms with Crippen LogP contribution in [0.4, 0.5) is 11.4 Å². The number of methoxy groups -OCH3 is 1. The molecule has 0 fully saturated rings. The number of sulfonamides is 1. The van der Waals surface area contributed by atoms with Crippen molar-refractivity contribution in [3.8, 4) is 5.75 Å². The molecule has 0 saturated carbocycles. The number of carbonyl (C=O) groups is 1. The van der Waals surface area contributed by atoms with Crippen LogP contribution in [0.2, 0.25) is 0 Å². The number of amides is 1. The van der Waals surface area contributed by atoms with E-state index in [0.717, 1.165) is 0 Å². The molecule has 162 valence electrons. The van der Waals surface area contributed by atoms with E-state index in [1.54, 1.807) is 36.4 Å². The molecule has 3 rings (SSSR count). The average molecular weight is 439 g/mol. The molecular weight excluding hydrogens is 412 g/mol. The van der Waals surface area contributed by atoms with Crippen molar-refractivity contribution in [1.29, 1.82) is 0 Å². The lowest BCUT2D eigenvalue weighted by atomic mass is 10.0. The summed E-state index contributed by atoms with van der Waals surface area (Å²) in [6, 6.07) is 20.3. The Balaban J connectivity index is 1.72. The van der Waals surface area contributed by atoms with Gasteiger partial charge < -0.3 is 10.1 Å². The van der Waals surface area contributed by atoms with Gasteiger partial charge in [-0.25, -0.2) is 8.42 Å². The van der Waals surface area contributed by atoms with Crippen molar-refractivity contribution in [2.24, 2.45) is 0 Å². The summed E-state index contributed by atoms with van der Waals surface area (Å²) in [7, 11) is -0.734. The molecule has 0 aliphatic rings. The summed E-state index contributed by atoms with van der Waals surface area (Å²) in [4.78, 5) is 12.7. The average Bonchev–Trinajstić information content (AvgIpc) is 2.79. The minimum Gasteiger partial charge on any atom is -0.497 e. The lowest BCUT2D eigenvalue weighted by molar-refractivity contribution is 0.102. The quantitative estimate of drug-likeness (QED) is 0.569. The van der Waals surface area contributed by atoms with Crippen LogP contribution in [-0.2, 0) is 10.0 Å². The molecule has 0 bridgehead atoms. The highest BCUT2D eigenvalue weighted by Crippen LogP contribution is 2.24. The van der Waals surface area contributed by atoms with Crippen LogP contribution < -0.4 is 14.4 Å². The molecule has 1 N–H and O–H groups in total. The first-order valence-electron chi connectivity index (χ1n) is 9.86. The molecule has 0 unspecified atom stereocenters. The summed E-state index contributed by atoms with van der Waals surface area (Å²) in [5.41, 5.74) is 2.79. The summed E-state index contributed by atoms with van der Waals surface area (Å²) in [5.74, 6) is 0.740. The second kappa shape index (κ2) is 9.22. The summed E-state index contributed by atoms with van der Waals surface area (Å²) >= 11 is 0. The highest BCUT2D eigenvalue weighted by molar-refractivity contribution is 7.92. The zero-order valence-corrected chi connectivity index (χ0v) is 18.8. The van der Waals surface area contributed by atoms with Crippen LogP contribution in [0.5, 0.6) is 5.75 Å². The number of ether oxygens (including phenoxy) is 1. The van der Waals surface area contributed by atoms with E-state index in [4.69, 9.17) is 4.74 Å². The molecule has 0 atom stereocenters. The van der Waals surface area contributed by atoms with E-state index in [-0.39, 0.29) is 10.8 Å². The van der Waals surface area contributed by atoms with E-state index in [2.05, 4.69) is 19.2 Å². The third kappa shape index (κ3) is 5.06. The van der Waals surface area contributed by atoms with Gasteiger partial charge in [-0.05, 0) is 72.1 Å². The molecule has 0 spiro atoms. The monoisotopic (exact) mass is 438 g/mol. The van der Waals surface area contributed by atoms with Gasteiger partial charge in [-0.2, -0.15) is 0 Å². The molecule has 3 aromatic carbocycles. The maximum Gasteiger partial charge on any atom is 0.264 e. The Morgan fingerprint density at radius 2 is 1.48 bits per heavy atom. The van der Waals surface area contributed by atoms with Crippen molar-refractivity contribution in [3.05, 3.63) is 83.9 Å². The Bertz CT molecular complexity index is 1140. The highest BCUT2D eigenvalue weighted by atomic mass is 32.2. The number of anilines is 2. The molecular formula is C24H26N2O4S. The summed E-state index contributed by atoms with van der Waals surface area (Å²) in [5, 5.41) is 2.86. The first kappa shape index (κ1) is 22.4. The largest absolute Gasteiger partial charge is 0.497 e. The molecule has 0 aliphatic carbocycles. The fraction of sp³-hybridized carbons (Fsp3) is 0.208. The fourth-order valence-corrected chi connectivity index (χ4v) is 4.22. The number of hydrogen-bond acceptors (Lipinski definition) is 4. The Morgan fingerprint density at radius 3 is 2.00 bits per heavy atom. The number of nitrogens with one attached hydrogen (secondary N) is 1. The van der Waals surface area contributed by atoms with Gasteiger partial charge in [0.15, 0.2) is 0 Å². The Labute approximate surface area is 183 Å². The van der Waals surface area contributed by atoms with E-state index < -0.39 is 10.0 Å². The lowest BCUT2D eigenvalue weighted by Crippen LogP contribution is -2.26. The molecule has 31 heavy (non-hydrogen) atoms. The second-order valence-electron chi connectivity index (χ2n) is 7.43. The number of rotatable bonds is 7. The SMILES string of the molecule is COc1ccc(S(=O)(=O)N(C)c2ccc(C(=O)Nc3ccc(C(C)C)cc3)cc2)cc1. The topological polar surface area (TPSA) is 75.7 Å². The molecule has 7 heteroatoms. The zero-order valence-electron chi connectivity index (χ0n) is 18.0. The Hall–Kier alpha value is -3.32. The molecule has 0 radical (unpaired) electrons. The third-order valence-electron chi connectivity index (χ3n) is 5.05. The molecule has 3 aromatic rings. The van der Waals surface area contributed by atoms with Gasteiger partial charge in [-0.3, -0.25) is 9.10 Å². The van der Waals surface area contributed by atoms with Crippen LogP contribution in [-0.4, -0.2) is 28.5 Å².